The topological polar surface area (TPSA) is 0 Å². The van der Waals surface area contributed by atoms with Crippen LogP contribution < -0.4 is 0 Å². The van der Waals surface area contributed by atoms with Gasteiger partial charge in [0.2, 0.25) is 0 Å². The number of rotatable bonds is 3. The molecule has 0 aliphatic carbocycles. The molecule has 0 fully saturated rings. The van der Waals surface area contributed by atoms with E-state index in [0.29, 0.717) is 5.92 Å². The number of hydrogen-bond donors (Lipinski definition) is 0. The SMILES string of the molecule is Cc1cc2cc[c-](CC(C)c3ccccc3)c2cc1C.[CH3-].[CH3-].[Hf]. The van der Waals surface area contributed by atoms with Gasteiger partial charge in [0.05, 0.1) is 0 Å². The van der Waals surface area contributed by atoms with Crippen LogP contribution in [0.15, 0.2) is 54.6 Å². The smallest absolute Gasteiger partial charge is 0 e. The van der Waals surface area contributed by atoms with E-state index in [-0.39, 0.29) is 40.7 Å². The Kier molecular flexibility index (Phi) is 8.84. The molecule has 122 valence electrons. The average molecular weight is 470 g/mol. The minimum absolute atomic E-state index is 0. The van der Waals surface area contributed by atoms with Crippen LogP contribution >= 0.6 is 0 Å². The van der Waals surface area contributed by atoms with Gasteiger partial charge in [-0.1, -0.05) is 54.8 Å². The molecule has 3 rings (SSSR count). The molecular formula is C22H27Hf-3. The Morgan fingerprint density at radius 3 is 2.17 bits per heavy atom. The summed E-state index contributed by atoms with van der Waals surface area (Å²) in [6, 6.07) is 20.0. The van der Waals surface area contributed by atoms with Gasteiger partial charge in [-0.2, -0.15) is 6.07 Å². The molecule has 0 aromatic heterocycles. The van der Waals surface area contributed by atoms with Crippen molar-refractivity contribution < 1.29 is 25.8 Å². The summed E-state index contributed by atoms with van der Waals surface area (Å²) in [4.78, 5) is 0. The molecule has 3 aromatic rings. The Morgan fingerprint density at radius 2 is 1.52 bits per heavy atom. The van der Waals surface area contributed by atoms with Crippen LogP contribution in [0.25, 0.3) is 10.8 Å². The Bertz CT molecular complexity index is 722. The minimum Gasteiger partial charge on any atom is -0.358 e. The maximum atomic E-state index is 2.34. The molecule has 1 heteroatoms. The average Bonchev–Trinajstić information content (AvgIpc) is 2.83. The zero-order valence-corrected chi connectivity index (χ0v) is 18.6. The van der Waals surface area contributed by atoms with Crippen LogP contribution in [-0.4, -0.2) is 0 Å². The standard InChI is InChI=1S/C20H21.2CH3.Hf/c1-14-11-18-9-10-19(20(18)13-15(14)2)12-16(3)17-7-5-4-6-8-17;;;/h4-11,13,16H,12H2,1-3H3;2*1H3;/q3*-1;. The van der Waals surface area contributed by atoms with Gasteiger partial charge in [-0.3, -0.25) is 0 Å². The van der Waals surface area contributed by atoms with Crippen LogP contribution in [0.5, 0.6) is 0 Å². The van der Waals surface area contributed by atoms with E-state index in [1.54, 1.807) is 0 Å². The molecule has 0 spiro atoms. The summed E-state index contributed by atoms with van der Waals surface area (Å²) in [6.07, 6.45) is 1.11. The Hall–Kier alpha value is -1.08. The predicted octanol–water partition coefficient (Wildman–Crippen LogP) is 6.42. The second kappa shape index (κ2) is 9.27. The van der Waals surface area contributed by atoms with Crippen molar-refractivity contribution in [1.29, 1.82) is 0 Å². The normalized spacial score (nSPS) is 11.1. The zero-order valence-electron chi connectivity index (χ0n) is 15.0. The molecule has 1 atom stereocenters. The van der Waals surface area contributed by atoms with Crippen LogP contribution in [0.4, 0.5) is 0 Å². The molecule has 0 aliphatic rings. The fraction of sp³-hybridized carbons (Fsp3) is 0.227. The van der Waals surface area contributed by atoms with E-state index in [1.165, 1.54) is 33.0 Å². The largest absolute Gasteiger partial charge is 0.358 e. The Labute approximate surface area is 161 Å². The van der Waals surface area contributed by atoms with Gasteiger partial charge in [-0.25, -0.2) is 0 Å². The first kappa shape index (κ1) is 21.9. The summed E-state index contributed by atoms with van der Waals surface area (Å²) in [5, 5.41) is 2.80. The maximum Gasteiger partial charge on any atom is 0 e. The number of benzene rings is 2. The molecule has 0 nitrogen and oxygen atoms in total. The molecule has 0 heterocycles. The third-order valence-electron chi connectivity index (χ3n) is 4.37. The third-order valence-corrected chi connectivity index (χ3v) is 4.37. The van der Waals surface area contributed by atoms with Crippen molar-refractivity contribution in [1.82, 2.24) is 0 Å². The van der Waals surface area contributed by atoms with Gasteiger partial charge in [-0.15, -0.1) is 34.5 Å². The van der Waals surface area contributed by atoms with Crippen LogP contribution in [0.1, 0.15) is 35.1 Å². The van der Waals surface area contributed by atoms with Gasteiger partial charge in [0, 0.05) is 25.8 Å². The first-order valence-electron chi connectivity index (χ1n) is 7.35. The van der Waals surface area contributed by atoms with Crippen molar-refractivity contribution in [3.8, 4) is 0 Å². The fourth-order valence-electron chi connectivity index (χ4n) is 2.94. The number of aryl methyl sites for hydroxylation is 2. The molecule has 1 unspecified atom stereocenters. The van der Waals surface area contributed by atoms with Gasteiger partial charge in [0.25, 0.3) is 0 Å². The number of hydrogen-bond acceptors (Lipinski definition) is 0. The predicted molar refractivity (Wildman–Crippen MR) is 100 cm³/mol. The Morgan fingerprint density at radius 1 is 0.913 bits per heavy atom. The van der Waals surface area contributed by atoms with Gasteiger partial charge in [-0.05, 0) is 25.3 Å². The zero-order chi connectivity index (χ0) is 14.1. The summed E-state index contributed by atoms with van der Waals surface area (Å²) in [5.74, 6) is 0.559. The van der Waals surface area contributed by atoms with Crippen molar-refractivity contribution >= 4 is 10.8 Å². The van der Waals surface area contributed by atoms with Gasteiger partial charge in [0.1, 0.15) is 0 Å². The van der Waals surface area contributed by atoms with Crippen LogP contribution in [0.2, 0.25) is 0 Å². The molecular weight excluding hydrogens is 443 g/mol. The van der Waals surface area contributed by atoms with E-state index >= 15 is 0 Å². The van der Waals surface area contributed by atoms with Crippen LogP contribution in [0, 0.1) is 28.7 Å². The van der Waals surface area contributed by atoms with Crippen LogP contribution in [0.3, 0.4) is 0 Å². The van der Waals surface area contributed by atoms with E-state index in [4.69, 9.17) is 0 Å². The van der Waals surface area contributed by atoms with Gasteiger partial charge in [0.15, 0.2) is 0 Å². The van der Waals surface area contributed by atoms with Crippen molar-refractivity contribution in [2.24, 2.45) is 0 Å². The minimum atomic E-state index is 0. The Balaban J connectivity index is 0.00000161. The molecule has 0 N–H and O–H groups in total. The van der Waals surface area contributed by atoms with Gasteiger partial charge < -0.3 is 14.9 Å². The van der Waals surface area contributed by atoms with Crippen molar-refractivity contribution in [2.75, 3.05) is 0 Å². The van der Waals surface area contributed by atoms with Crippen molar-refractivity contribution in [3.63, 3.8) is 0 Å². The molecule has 0 bridgehead atoms. The molecule has 23 heavy (non-hydrogen) atoms. The van der Waals surface area contributed by atoms with E-state index in [2.05, 4.69) is 75.4 Å². The van der Waals surface area contributed by atoms with Gasteiger partial charge >= 0.3 is 0 Å². The van der Waals surface area contributed by atoms with E-state index in [9.17, 15) is 0 Å². The van der Waals surface area contributed by atoms with E-state index < -0.39 is 0 Å². The maximum absolute atomic E-state index is 2.34. The van der Waals surface area contributed by atoms with Crippen molar-refractivity contribution in [2.45, 2.75) is 33.1 Å². The summed E-state index contributed by atoms with van der Waals surface area (Å²) in [5.41, 5.74) is 5.66. The quantitative estimate of drug-likeness (QED) is 0.307. The van der Waals surface area contributed by atoms with E-state index in [0.717, 1.165) is 6.42 Å². The van der Waals surface area contributed by atoms with Crippen LogP contribution in [-0.2, 0) is 32.3 Å². The first-order chi connectivity index (χ1) is 9.65. The fourth-order valence-corrected chi connectivity index (χ4v) is 2.94. The second-order valence-corrected chi connectivity index (χ2v) is 5.90. The summed E-state index contributed by atoms with van der Waals surface area (Å²) in [7, 11) is 0. The third kappa shape index (κ3) is 4.70. The second-order valence-electron chi connectivity index (χ2n) is 5.90. The monoisotopic (exact) mass is 471 g/mol. The molecule has 0 aliphatic heterocycles. The van der Waals surface area contributed by atoms with E-state index in [1.807, 2.05) is 0 Å². The summed E-state index contributed by atoms with van der Waals surface area (Å²) in [6.45, 7) is 6.70. The molecule has 0 radical (unpaired) electrons. The number of fused-ring (bicyclic) bond motifs is 1. The molecule has 0 saturated heterocycles. The first-order valence-corrected chi connectivity index (χ1v) is 7.35. The summed E-state index contributed by atoms with van der Waals surface area (Å²) >= 11 is 0. The van der Waals surface area contributed by atoms with Crippen molar-refractivity contribution in [3.05, 3.63) is 91.7 Å². The molecule has 0 amide bonds. The summed E-state index contributed by atoms with van der Waals surface area (Å²) < 4.78 is 0. The molecule has 3 aromatic carbocycles. The molecule has 0 saturated carbocycles.